The molecular formula is C24H27ClN2O4. The molecule has 0 aliphatic carbocycles. The zero-order valence-corrected chi connectivity index (χ0v) is 18.9. The second-order valence-electron chi connectivity index (χ2n) is 7.62. The molecule has 7 heteroatoms. The number of carbonyl (C=O) groups is 2. The highest BCUT2D eigenvalue weighted by Gasteiger charge is 2.21. The Kier molecular flexibility index (Phi) is 7.03. The summed E-state index contributed by atoms with van der Waals surface area (Å²) in [6.45, 7) is 5.58. The van der Waals surface area contributed by atoms with Crippen molar-refractivity contribution in [1.82, 2.24) is 9.88 Å². The topological polar surface area (TPSA) is 80.6 Å². The van der Waals surface area contributed by atoms with Gasteiger partial charge in [0.25, 0.3) is 5.91 Å². The molecule has 0 spiro atoms. The molecule has 0 aliphatic heterocycles. The van der Waals surface area contributed by atoms with E-state index in [9.17, 15) is 14.7 Å². The van der Waals surface area contributed by atoms with Crippen LogP contribution in [0, 0.1) is 6.92 Å². The molecule has 0 saturated heterocycles. The van der Waals surface area contributed by atoms with Crippen LogP contribution < -0.4 is 5.32 Å². The van der Waals surface area contributed by atoms with E-state index in [0.29, 0.717) is 17.3 Å². The third-order valence-corrected chi connectivity index (χ3v) is 5.77. The number of hydrogen-bond donors (Lipinski definition) is 2. The van der Waals surface area contributed by atoms with E-state index in [-0.39, 0.29) is 24.4 Å². The van der Waals surface area contributed by atoms with Crippen molar-refractivity contribution in [3.05, 3.63) is 69.9 Å². The molecular weight excluding hydrogens is 416 g/mol. The predicted molar refractivity (Wildman–Crippen MR) is 121 cm³/mol. The first-order chi connectivity index (χ1) is 14.8. The zero-order valence-electron chi connectivity index (χ0n) is 18.1. The van der Waals surface area contributed by atoms with Crippen LogP contribution in [0.1, 0.15) is 53.0 Å². The van der Waals surface area contributed by atoms with Crippen LogP contribution in [-0.2, 0) is 16.6 Å². The number of aliphatic hydroxyl groups excluding tert-OH is 1. The summed E-state index contributed by atoms with van der Waals surface area (Å²) >= 11 is 6.35. The lowest BCUT2D eigenvalue weighted by Crippen LogP contribution is -2.32. The molecule has 164 valence electrons. The molecule has 0 bridgehead atoms. The maximum absolute atomic E-state index is 13.0. The van der Waals surface area contributed by atoms with Crippen molar-refractivity contribution in [2.24, 2.45) is 7.05 Å². The first-order valence-electron chi connectivity index (χ1n) is 10.2. The van der Waals surface area contributed by atoms with Crippen LogP contribution in [0.5, 0.6) is 0 Å². The van der Waals surface area contributed by atoms with Crippen LogP contribution in [0.15, 0.2) is 42.5 Å². The van der Waals surface area contributed by atoms with E-state index in [4.69, 9.17) is 16.3 Å². The van der Waals surface area contributed by atoms with Crippen LogP contribution >= 0.6 is 11.6 Å². The lowest BCUT2D eigenvalue weighted by molar-refractivity contribution is -0.144. The lowest BCUT2D eigenvalue weighted by Gasteiger charge is -2.18. The molecule has 0 saturated carbocycles. The Morgan fingerprint density at radius 2 is 1.81 bits per heavy atom. The SMILES string of the molecule is CCOC(=O)[C@@H](C)c1ccc([C@@H](CO)NC(=O)c2cc3c(Cl)cc(C)cc3n2C)cc1. The molecule has 3 aromatic rings. The monoisotopic (exact) mass is 442 g/mol. The number of halogens is 1. The Balaban J connectivity index is 1.80. The van der Waals surface area contributed by atoms with Crippen LogP contribution in [0.3, 0.4) is 0 Å². The summed E-state index contributed by atoms with van der Waals surface area (Å²) in [4.78, 5) is 24.9. The fourth-order valence-corrected chi connectivity index (χ4v) is 3.95. The molecule has 0 radical (unpaired) electrons. The fraction of sp³-hybridized carbons (Fsp3) is 0.333. The molecule has 0 fully saturated rings. The molecule has 6 nitrogen and oxygen atoms in total. The highest BCUT2D eigenvalue weighted by molar-refractivity contribution is 6.35. The second-order valence-corrected chi connectivity index (χ2v) is 8.02. The van der Waals surface area contributed by atoms with E-state index in [1.54, 1.807) is 36.6 Å². The number of aliphatic hydroxyl groups is 1. The zero-order chi connectivity index (χ0) is 22.7. The number of carbonyl (C=O) groups excluding carboxylic acids is 2. The van der Waals surface area contributed by atoms with Gasteiger partial charge in [-0.1, -0.05) is 35.9 Å². The largest absolute Gasteiger partial charge is 0.466 e. The fourth-order valence-electron chi connectivity index (χ4n) is 3.62. The number of ether oxygens (including phenoxy) is 1. The first kappa shape index (κ1) is 22.8. The smallest absolute Gasteiger partial charge is 0.313 e. The number of fused-ring (bicyclic) bond motifs is 1. The van der Waals surface area contributed by atoms with Gasteiger partial charge in [0.2, 0.25) is 0 Å². The predicted octanol–water partition coefficient (Wildman–Crippen LogP) is 4.27. The molecule has 31 heavy (non-hydrogen) atoms. The number of esters is 1. The maximum atomic E-state index is 13.0. The minimum atomic E-state index is -0.588. The Hall–Kier alpha value is -2.83. The normalized spacial score (nSPS) is 13.1. The van der Waals surface area contributed by atoms with Crippen LogP contribution in [0.4, 0.5) is 0 Å². The van der Waals surface area contributed by atoms with Crippen molar-refractivity contribution in [3.8, 4) is 0 Å². The summed E-state index contributed by atoms with van der Waals surface area (Å²) in [7, 11) is 1.81. The molecule has 0 aliphatic rings. The van der Waals surface area contributed by atoms with Gasteiger partial charge in [0.15, 0.2) is 0 Å². The summed E-state index contributed by atoms with van der Waals surface area (Å²) in [6.07, 6.45) is 0. The quantitative estimate of drug-likeness (QED) is 0.535. The second kappa shape index (κ2) is 9.54. The van der Waals surface area contributed by atoms with Gasteiger partial charge >= 0.3 is 5.97 Å². The molecule has 3 rings (SSSR count). The number of nitrogens with zero attached hydrogens (tertiary/aromatic N) is 1. The van der Waals surface area contributed by atoms with E-state index in [0.717, 1.165) is 27.6 Å². The van der Waals surface area contributed by atoms with Gasteiger partial charge in [-0.3, -0.25) is 9.59 Å². The molecule has 2 N–H and O–H groups in total. The Morgan fingerprint density at radius 3 is 2.42 bits per heavy atom. The van der Waals surface area contributed by atoms with Crippen molar-refractivity contribution in [3.63, 3.8) is 0 Å². The highest BCUT2D eigenvalue weighted by Crippen LogP contribution is 2.28. The number of aryl methyl sites for hydroxylation is 2. The summed E-state index contributed by atoms with van der Waals surface area (Å²) in [5.74, 6) is -0.984. The maximum Gasteiger partial charge on any atom is 0.313 e. The molecule has 2 aromatic carbocycles. The third kappa shape index (κ3) is 4.75. The number of benzene rings is 2. The van der Waals surface area contributed by atoms with Gasteiger partial charge in [0.1, 0.15) is 5.69 Å². The van der Waals surface area contributed by atoms with E-state index in [1.165, 1.54) is 0 Å². The van der Waals surface area contributed by atoms with Gasteiger partial charge in [-0.25, -0.2) is 0 Å². The van der Waals surface area contributed by atoms with Gasteiger partial charge in [-0.05, 0) is 55.7 Å². The summed E-state index contributed by atoms with van der Waals surface area (Å²) < 4.78 is 6.86. The van der Waals surface area contributed by atoms with E-state index in [2.05, 4.69) is 5.32 Å². The minimum Gasteiger partial charge on any atom is -0.466 e. The average Bonchev–Trinajstić information content (AvgIpc) is 3.08. The molecule has 2 atom stereocenters. The van der Waals surface area contributed by atoms with Gasteiger partial charge < -0.3 is 19.7 Å². The van der Waals surface area contributed by atoms with Gasteiger partial charge in [0.05, 0.1) is 35.7 Å². The van der Waals surface area contributed by atoms with Crippen molar-refractivity contribution >= 4 is 34.4 Å². The Labute approximate surface area is 186 Å². The van der Waals surface area contributed by atoms with Crippen LogP contribution in [-0.4, -0.2) is 34.8 Å². The summed E-state index contributed by atoms with van der Waals surface area (Å²) in [5.41, 5.74) is 3.88. The standard InChI is InChI=1S/C24H27ClN2O4/c1-5-31-24(30)15(3)16-6-8-17(9-7-16)20(13-28)26-23(29)22-12-18-19(25)10-14(2)11-21(18)27(22)4/h6-12,15,20,28H,5,13H2,1-4H3,(H,26,29)/t15-,20+/m0/s1. The van der Waals surface area contributed by atoms with Crippen molar-refractivity contribution in [1.29, 1.82) is 0 Å². The number of hydrogen-bond acceptors (Lipinski definition) is 4. The number of amides is 1. The third-order valence-electron chi connectivity index (χ3n) is 5.46. The van der Waals surface area contributed by atoms with E-state index < -0.39 is 6.04 Å². The van der Waals surface area contributed by atoms with Crippen molar-refractivity contribution < 1.29 is 19.4 Å². The van der Waals surface area contributed by atoms with Crippen molar-refractivity contribution in [2.75, 3.05) is 13.2 Å². The van der Waals surface area contributed by atoms with Gasteiger partial charge in [0, 0.05) is 12.4 Å². The Bertz CT molecular complexity index is 1100. The number of rotatable bonds is 7. The van der Waals surface area contributed by atoms with Gasteiger partial charge in [-0.15, -0.1) is 0 Å². The molecule has 0 unspecified atom stereocenters. The molecule has 1 aromatic heterocycles. The Morgan fingerprint density at radius 1 is 1.16 bits per heavy atom. The number of aromatic nitrogens is 1. The minimum absolute atomic E-state index is 0.262. The first-order valence-corrected chi connectivity index (χ1v) is 10.6. The molecule has 1 amide bonds. The van der Waals surface area contributed by atoms with Gasteiger partial charge in [-0.2, -0.15) is 0 Å². The van der Waals surface area contributed by atoms with E-state index in [1.807, 2.05) is 38.2 Å². The van der Waals surface area contributed by atoms with Crippen LogP contribution in [0.25, 0.3) is 10.9 Å². The number of nitrogens with one attached hydrogen (secondary N) is 1. The highest BCUT2D eigenvalue weighted by atomic mass is 35.5. The summed E-state index contributed by atoms with van der Waals surface area (Å²) in [6, 6.07) is 12.2. The molecule has 1 heterocycles. The van der Waals surface area contributed by atoms with Crippen molar-refractivity contribution in [2.45, 2.75) is 32.7 Å². The van der Waals surface area contributed by atoms with Crippen LogP contribution in [0.2, 0.25) is 5.02 Å². The summed E-state index contributed by atoms with van der Waals surface area (Å²) in [5, 5.41) is 14.2. The van der Waals surface area contributed by atoms with E-state index >= 15 is 0 Å². The average molecular weight is 443 g/mol. The lowest BCUT2D eigenvalue weighted by atomic mass is 9.98.